The summed E-state index contributed by atoms with van der Waals surface area (Å²) in [7, 11) is 1.72. The minimum Gasteiger partial charge on any atom is -0.478 e. The largest absolute Gasteiger partial charge is 0.478 e. The maximum absolute atomic E-state index is 10.5. The summed E-state index contributed by atoms with van der Waals surface area (Å²) in [6.45, 7) is 0. The van der Waals surface area contributed by atoms with Crippen molar-refractivity contribution in [1.29, 1.82) is 0 Å². The molecule has 11 heavy (non-hydrogen) atoms. The first-order chi connectivity index (χ1) is 5.16. The highest BCUT2D eigenvalue weighted by Crippen LogP contribution is 2.18. The van der Waals surface area contributed by atoms with Gasteiger partial charge in [0.25, 0.3) is 0 Å². The molecule has 0 spiro atoms. The molecule has 5 heteroatoms. The van der Waals surface area contributed by atoms with E-state index in [1.54, 1.807) is 11.7 Å². The molecule has 1 aromatic heterocycles. The molecule has 1 aromatic rings. The molecule has 1 rings (SSSR count). The van der Waals surface area contributed by atoms with Crippen molar-refractivity contribution >= 4 is 17.7 Å². The van der Waals surface area contributed by atoms with Gasteiger partial charge in [0.2, 0.25) is 0 Å². The van der Waals surface area contributed by atoms with Gasteiger partial charge in [0.15, 0.2) is 0 Å². The zero-order valence-corrected chi connectivity index (χ0v) is 7.05. The maximum Gasteiger partial charge on any atom is 0.340 e. The highest BCUT2D eigenvalue weighted by molar-refractivity contribution is 7.98. The summed E-state index contributed by atoms with van der Waals surface area (Å²) < 4.78 is 1.55. The standard InChI is InChI=1S/C6H8N2O2S/c1-8-5(11-2)4(3-7-8)6(9)10/h3H,1-2H3,(H,9,10). The Morgan fingerprint density at radius 2 is 2.45 bits per heavy atom. The molecular weight excluding hydrogens is 164 g/mol. The van der Waals surface area contributed by atoms with Gasteiger partial charge in [-0.15, -0.1) is 11.8 Å². The smallest absolute Gasteiger partial charge is 0.340 e. The number of rotatable bonds is 2. The van der Waals surface area contributed by atoms with Crippen molar-refractivity contribution in [1.82, 2.24) is 9.78 Å². The monoisotopic (exact) mass is 172 g/mol. The van der Waals surface area contributed by atoms with Gasteiger partial charge in [0.1, 0.15) is 10.6 Å². The van der Waals surface area contributed by atoms with Gasteiger partial charge in [-0.25, -0.2) is 4.79 Å². The molecule has 1 heterocycles. The third-order valence-corrected chi connectivity index (χ3v) is 2.18. The van der Waals surface area contributed by atoms with Crippen LogP contribution in [0.3, 0.4) is 0 Å². The van der Waals surface area contributed by atoms with Gasteiger partial charge in [-0.2, -0.15) is 5.10 Å². The Hall–Kier alpha value is -0.970. The number of aryl methyl sites for hydroxylation is 1. The maximum atomic E-state index is 10.5. The Morgan fingerprint density at radius 3 is 2.82 bits per heavy atom. The van der Waals surface area contributed by atoms with Crippen molar-refractivity contribution in [3.8, 4) is 0 Å². The Balaban J connectivity index is 3.15. The molecule has 0 radical (unpaired) electrons. The van der Waals surface area contributed by atoms with Gasteiger partial charge >= 0.3 is 5.97 Å². The molecule has 0 aliphatic rings. The molecule has 0 amide bonds. The van der Waals surface area contributed by atoms with E-state index in [1.807, 2.05) is 6.26 Å². The van der Waals surface area contributed by atoms with E-state index >= 15 is 0 Å². The fraction of sp³-hybridized carbons (Fsp3) is 0.333. The van der Waals surface area contributed by atoms with Crippen molar-refractivity contribution in [3.05, 3.63) is 11.8 Å². The summed E-state index contributed by atoms with van der Waals surface area (Å²) >= 11 is 1.38. The summed E-state index contributed by atoms with van der Waals surface area (Å²) in [5.74, 6) is -0.928. The molecule has 0 saturated heterocycles. The number of aromatic nitrogens is 2. The van der Waals surface area contributed by atoms with Crippen LogP contribution in [0.5, 0.6) is 0 Å². The fourth-order valence-corrected chi connectivity index (χ4v) is 1.49. The van der Waals surface area contributed by atoms with Crippen LogP contribution in [0.1, 0.15) is 10.4 Å². The number of nitrogens with zero attached hydrogens (tertiary/aromatic N) is 2. The highest BCUT2D eigenvalue weighted by atomic mass is 32.2. The lowest BCUT2D eigenvalue weighted by Gasteiger charge is -1.96. The fourth-order valence-electron chi connectivity index (χ4n) is 0.815. The first-order valence-corrected chi connectivity index (χ1v) is 4.18. The zero-order valence-electron chi connectivity index (χ0n) is 6.24. The quantitative estimate of drug-likeness (QED) is 0.671. The predicted octanol–water partition coefficient (Wildman–Crippen LogP) is 0.840. The van der Waals surface area contributed by atoms with Gasteiger partial charge in [-0.3, -0.25) is 4.68 Å². The van der Waals surface area contributed by atoms with Gasteiger partial charge in [-0.1, -0.05) is 0 Å². The Labute approximate surface area is 68.2 Å². The average molecular weight is 172 g/mol. The van der Waals surface area contributed by atoms with E-state index in [-0.39, 0.29) is 5.56 Å². The number of carboxylic acid groups (broad SMARTS) is 1. The molecule has 4 nitrogen and oxygen atoms in total. The van der Waals surface area contributed by atoms with Crippen LogP contribution < -0.4 is 0 Å². The molecule has 0 aliphatic carbocycles. The lowest BCUT2D eigenvalue weighted by molar-refractivity contribution is 0.0692. The summed E-state index contributed by atoms with van der Waals surface area (Å²) in [6, 6.07) is 0. The first kappa shape index (κ1) is 8.13. The molecule has 0 unspecified atom stereocenters. The van der Waals surface area contributed by atoms with Gasteiger partial charge in [-0.05, 0) is 6.26 Å². The molecule has 60 valence electrons. The van der Waals surface area contributed by atoms with Crippen molar-refractivity contribution in [2.45, 2.75) is 5.03 Å². The summed E-state index contributed by atoms with van der Waals surface area (Å²) in [5.41, 5.74) is 0.264. The number of hydrogen-bond donors (Lipinski definition) is 1. The molecule has 0 bridgehead atoms. The van der Waals surface area contributed by atoms with E-state index in [1.165, 1.54) is 18.0 Å². The van der Waals surface area contributed by atoms with Crippen molar-refractivity contribution < 1.29 is 9.90 Å². The van der Waals surface area contributed by atoms with Gasteiger partial charge < -0.3 is 5.11 Å². The van der Waals surface area contributed by atoms with E-state index < -0.39 is 5.97 Å². The summed E-state index contributed by atoms with van der Waals surface area (Å²) in [6.07, 6.45) is 3.18. The lowest BCUT2D eigenvalue weighted by Crippen LogP contribution is -1.98. The van der Waals surface area contributed by atoms with E-state index in [0.29, 0.717) is 5.03 Å². The second-order valence-electron chi connectivity index (χ2n) is 2.00. The molecule has 1 N–H and O–H groups in total. The Kier molecular flexibility index (Phi) is 2.19. The van der Waals surface area contributed by atoms with Crippen molar-refractivity contribution in [3.63, 3.8) is 0 Å². The number of carboxylic acids is 1. The van der Waals surface area contributed by atoms with Crippen LogP contribution in [0.15, 0.2) is 11.2 Å². The van der Waals surface area contributed by atoms with Crippen molar-refractivity contribution in [2.75, 3.05) is 6.26 Å². The predicted molar refractivity (Wildman–Crippen MR) is 41.9 cm³/mol. The molecule has 0 fully saturated rings. The van der Waals surface area contributed by atoms with E-state index in [4.69, 9.17) is 5.11 Å². The normalized spacial score (nSPS) is 10.0. The van der Waals surface area contributed by atoms with Crippen LogP contribution in [-0.4, -0.2) is 27.1 Å². The van der Waals surface area contributed by atoms with Crippen LogP contribution in [0, 0.1) is 0 Å². The highest BCUT2D eigenvalue weighted by Gasteiger charge is 2.12. The number of hydrogen-bond acceptors (Lipinski definition) is 3. The van der Waals surface area contributed by atoms with Crippen molar-refractivity contribution in [2.24, 2.45) is 7.05 Å². The topological polar surface area (TPSA) is 55.1 Å². The number of aromatic carboxylic acids is 1. The van der Waals surface area contributed by atoms with Gasteiger partial charge in [0, 0.05) is 7.05 Å². The second kappa shape index (κ2) is 2.96. The zero-order chi connectivity index (χ0) is 8.43. The van der Waals surface area contributed by atoms with E-state index in [2.05, 4.69) is 5.10 Å². The summed E-state index contributed by atoms with van der Waals surface area (Å²) in [5, 5.41) is 13.1. The average Bonchev–Trinajstić information content (AvgIpc) is 2.30. The molecular formula is C6H8N2O2S. The lowest BCUT2D eigenvalue weighted by atomic mass is 10.4. The first-order valence-electron chi connectivity index (χ1n) is 2.96. The Bertz CT molecular complexity index is 282. The minimum atomic E-state index is -0.928. The number of thioether (sulfide) groups is 1. The number of carbonyl (C=O) groups is 1. The SMILES string of the molecule is CSc1c(C(=O)O)cnn1C. The third kappa shape index (κ3) is 1.37. The molecule has 0 atom stereocenters. The van der Waals surface area contributed by atoms with Crippen LogP contribution in [-0.2, 0) is 7.05 Å². The minimum absolute atomic E-state index is 0.264. The van der Waals surface area contributed by atoms with Crippen LogP contribution in [0.4, 0.5) is 0 Å². The third-order valence-electron chi connectivity index (χ3n) is 1.31. The molecule has 0 saturated carbocycles. The van der Waals surface area contributed by atoms with Crippen LogP contribution >= 0.6 is 11.8 Å². The second-order valence-corrected chi connectivity index (χ2v) is 2.79. The molecule has 0 aliphatic heterocycles. The molecule has 0 aromatic carbocycles. The van der Waals surface area contributed by atoms with E-state index in [0.717, 1.165) is 0 Å². The van der Waals surface area contributed by atoms with Gasteiger partial charge in [0.05, 0.1) is 6.20 Å². The summed E-state index contributed by atoms with van der Waals surface area (Å²) in [4.78, 5) is 10.5. The van der Waals surface area contributed by atoms with Crippen LogP contribution in [0.2, 0.25) is 0 Å². The Morgan fingerprint density at radius 1 is 1.82 bits per heavy atom. The van der Waals surface area contributed by atoms with E-state index in [9.17, 15) is 4.79 Å². The van der Waals surface area contributed by atoms with Crippen LogP contribution in [0.25, 0.3) is 0 Å².